The molecule has 7 heteroatoms. The number of aryl methyl sites for hydroxylation is 2. The van der Waals surface area contributed by atoms with E-state index in [4.69, 9.17) is 4.74 Å². The summed E-state index contributed by atoms with van der Waals surface area (Å²) in [7, 11) is 3.77. The number of anilines is 1. The molecule has 6 nitrogen and oxygen atoms in total. The minimum atomic E-state index is -0.366. The second kappa shape index (κ2) is 5.69. The molecule has 3 heterocycles. The zero-order valence-electron chi connectivity index (χ0n) is 15.0. The third kappa shape index (κ3) is 2.40. The van der Waals surface area contributed by atoms with Gasteiger partial charge >= 0.3 is 5.69 Å². The van der Waals surface area contributed by atoms with Gasteiger partial charge in [-0.3, -0.25) is 9.47 Å². The van der Waals surface area contributed by atoms with Crippen LogP contribution in [0.3, 0.4) is 0 Å². The Morgan fingerprint density at radius 3 is 2.84 bits per heavy atom. The average Bonchev–Trinajstić information content (AvgIpc) is 2.56. The largest absolute Gasteiger partial charge is 0.490 e. The summed E-state index contributed by atoms with van der Waals surface area (Å²) in [6.07, 6.45) is 0.766. The molecule has 2 atom stereocenters. The lowest BCUT2D eigenvalue weighted by atomic mass is 10.0. The average molecular weight is 346 g/mol. The number of aromatic nitrogens is 2. The smallest absolute Gasteiger partial charge is 0.349 e. The second-order valence-corrected chi connectivity index (χ2v) is 7.24. The summed E-state index contributed by atoms with van der Waals surface area (Å²) in [5, 5.41) is 0.603. The predicted molar refractivity (Wildman–Crippen MR) is 95.0 cm³/mol. The Bertz CT molecular complexity index is 910. The van der Waals surface area contributed by atoms with Crippen LogP contribution in [0.25, 0.3) is 10.9 Å². The maximum absolute atomic E-state index is 14.8. The molecule has 0 bridgehead atoms. The molecule has 0 saturated carbocycles. The molecule has 1 saturated heterocycles. The van der Waals surface area contributed by atoms with Crippen LogP contribution < -0.4 is 15.3 Å². The number of hydrogen-bond acceptors (Lipinski definition) is 5. The summed E-state index contributed by atoms with van der Waals surface area (Å²) in [5.41, 5.74) is 0.806. The fourth-order valence-corrected chi connectivity index (χ4v) is 3.88. The van der Waals surface area contributed by atoms with Crippen LogP contribution in [-0.4, -0.2) is 53.3 Å². The minimum Gasteiger partial charge on any atom is -0.490 e. The number of likely N-dealkylation sites (N-methyl/N-ethyl adjacent to an activating group) is 1. The molecule has 0 radical (unpaired) electrons. The van der Waals surface area contributed by atoms with Gasteiger partial charge in [-0.05, 0) is 32.5 Å². The van der Waals surface area contributed by atoms with Crippen LogP contribution in [0.4, 0.5) is 10.2 Å². The lowest BCUT2D eigenvalue weighted by Crippen LogP contribution is -2.57. The van der Waals surface area contributed by atoms with Crippen molar-refractivity contribution in [1.29, 1.82) is 0 Å². The van der Waals surface area contributed by atoms with Crippen LogP contribution in [0.1, 0.15) is 18.9 Å². The van der Waals surface area contributed by atoms with Gasteiger partial charge in [0.1, 0.15) is 5.82 Å². The molecular weight excluding hydrogens is 323 g/mol. The topological polar surface area (TPSA) is 50.6 Å². The Morgan fingerprint density at radius 1 is 1.32 bits per heavy atom. The SMILES string of the molecule is Cc1cc2c3c(nc(=O)n2C)N2CC(C)N(C)CC2CCOc3c1F. The third-order valence-electron chi connectivity index (χ3n) is 5.58. The van der Waals surface area contributed by atoms with Crippen LogP contribution in [0, 0.1) is 12.7 Å². The van der Waals surface area contributed by atoms with Gasteiger partial charge in [0.2, 0.25) is 0 Å². The van der Waals surface area contributed by atoms with Crippen LogP contribution in [0.5, 0.6) is 5.75 Å². The Hall–Kier alpha value is -2.15. The summed E-state index contributed by atoms with van der Waals surface area (Å²) >= 11 is 0. The maximum atomic E-state index is 14.8. The monoisotopic (exact) mass is 346 g/mol. The van der Waals surface area contributed by atoms with Gasteiger partial charge in [-0.2, -0.15) is 4.98 Å². The van der Waals surface area contributed by atoms with E-state index < -0.39 is 0 Å². The van der Waals surface area contributed by atoms with E-state index in [0.29, 0.717) is 34.9 Å². The Labute approximate surface area is 145 Å². The molecule has 2 aromatic rings. The first-order chi connectivity index (χ1) is 11.9. The van der Waals surface area contributed by atoms with Gasteiger partial charge in [0.15, 0.2) is 11.6 Å². The molecule has 4 rings (SSSR count). The fraction of sp³-hybridized carbons (Fsp3) is 0.556. The molecule has 0 N–H and O–H groups in total. The van der Waals surface area contributed by atoms with Gasteiger partial charge in [-0.15, -0.1) is 0 Å². The third-order valence-corrected chi connectivity index (χ3v) is 5.58. The summed E-state index contributed by atoms with van der Waals surface area (Å²) in [5.74, 6) is 0.407. The maximum Gasteiger partial charge on any atom is 0.349 e. The van der Waals surface area contributed by atoms with E-state index in [2.05, 4.69) is 28.8 Å². The standard InChI is InChI=1S/C18H23FN4O2/c1-10-7-13-14-16(15(10)19)25-6-5-12-9-21(3)11(2)8-23(12)17(14)20-18(24)22(13)4/h7,11-12H,5-6,8-9H2,1-4H3. The lowest BCUT2D eigenvalue weighted by Gasteiger charge is -2.45. The highest BCUT2D eigenvalue weighted by Gasteiger charge is 2.34. The van der Waals surface area contributed by atoms with Crippen LogP contribution in [0.15, 0.2) is 10.9 Å². The Kier molecular flexibility index (Phi) is 3.72. The molecule has 2 aliphatic heterocycles. The van der Waals surface area contributed by atoms with Gasteiger partial charge in [0, 0.05) is 38.6 Å². The van der Waals surface area contributed by atoms with Crippen LogP contribution >= 0.6 is 0 Å². The number of nitrogens with zero attached hydrogens (tertiary/aromatic N) is 4. The molecular formula is C18H23FN4O2. The van der Waals surface area contributed by atoms with Crippen molar-refractivity contribution >= 4 is 16.7 Å². The molecule has 0 amide bonds. The highest BCUT2D eigenvalue weighted by Crippen LogP contribution is 2.39. The van der Waals surface area contributed by atoms with E-state index in [1.807, 2.05) is 0 Å². The zero-order chi connectivity index (χ0) is 17.9. The summed E-state index contributed by atoms with van der Waals surface area (Å²) in [4.78, 5) is 21.2. The van der Waals surface area contributed by atoms with Crippen LogP contribution in [-0.2, 0) is 7.05 Å². The first-order valence-corrected chi connectivity index (χ1v) is 8.68. The van der Waals surface area contributed by atoms with Crippen molar-refractivity contribution in [3.8, 4) is 5.75 Å². The van der Waals surface area contributed by atoms with Crippen molar-refractivity contribution in [2.75, 3.05) is 31.6 Å². The molecule has 134 valence electrons. The summed E-state index contributed by atoms with van der Waals surface area (Å²) < 4.78 is 22.1. The Morgan fingerprint density at radius 2 is 2.08 bits per heavy atom. The van der Waals surface area contributed by atoms with Gasteiger partial charge in [-0.25, -0.2) is 9.18 Å². The van der Waals surface area contributed by atoms with E-state index in [-0.39, 0.29) is 23.3 Å². The number of benzene rings is 1. The first kappa shape index (κ1) is 16.3. The second-order valence-electron chi connectivity index (χ2n) is 7.24. The first-order valence-electron chi connectivity index (χ1n) is 8.68. The number of halogens is 1. The molecule has 0 aliphatic carbocycles. The lowest BCUT2D eigenvalue weighted by molar-refractivity contribution is 0.178. The van der Waals surface area contributed by atoms with Crippen molar-refractivity contribution in [3.05, 3.63) is 27.9 Å². The van der Waals surface area contributed by atoms with E-state index in [9.17, 15) is 9.18 Å². The zero-order valence-corrected chi connectivity index (χ0v) is 15.0. The molecule has 1 aromatic carbocycles. The molecule has 1 fully saturated rings. The summed E-state index contributed by atoms with van der Waals surface area (Å²) in [6.45, 7) is 5.91. The molecule has 1 aromatic heterocycles. The van der Waals surface area contributed by atoms with Crippen molar-refractivity contribution in [2.45, 2.75) is 32.4 Å². The molecule has 2 unspecified atom stereocenters. The van der Waals surface area contributed by atoms with Gasteiger partial charge in [-0.1, -0.05) is 0 Å². The van der Waals surface area contributed by atoms with E-state index in [1.54, 1.807) is 20.0 Å². The van der Waals surface area contributed by atoms with Gasteiger partial charge in [0.05, 0.1) is 17.5 Å². The number of rotatable bonds is 0. The minimum absolute atomic E-state index is 0.196. The van der Waals surface area contributed by atoms with Crippen molar-refractivity contribution in [3.63, 3.8) is 0 Å². The van der Waals surface area contributed by atoms with E-state index in [1.165, 1.54) is 4.57 Å². The number of fused-ring (bicyclic) bond motifs is 2. The van der Waals surface area contributed by atoms with Crippen LogP contribution in [0.2, 0.25) is 0 Å². The number of piperazine rings is 1. The number of ether oxygens (including phenoxy) is 1. The normalized spacial score (nSPS) is 23.8. The molecule has 2 aliphatic rings. The fourth-order valence-electron chi connectivity index (χ4n) is 3.88. The highest BCUT2D eigenvalue weighted by atomic mass is 19.1. The quantitative estimate of drug-likeness (QED) is 0.726. The van der Waals surface area contributed by atoms with Gasteiger partial charge < -0.3 is 9.64 Å². The number of hydrogen-bond donors (Lipinski definition) is 0. The van der Waals surface area contributed by atoms with Crippen molar-refractivity contribution < 1.29 is 9.13 Å². The molecule has 0 spiro atoms. The molecule has 25 heavy (non-hydrogen) atoms. The van der Waals surface area contributed by atoms with Gasteiger partial charge in [0.25, 0.3) is 0 Å². The van der Waals surface area contributed by atoms with E-state index >= 15 is 0 Å². The van der Waals surface area contributed by atoms with Crippen molar-refractivity contribution in [1.82, 2.24) is 14.5 Å². The Balaban J connectivity index is 2.05. The predicted octanol–water partition coefficient (Wildman–Crippen LogP) is 1.67. The van der Waals surface area contributed by atoms with E-state index in [0.717, 1.165) is 19.5 Å². The highest BCUT2D eigenvalue weighted by molar-refractivity contribution is 5.96. The van der Waals surface area contributed by atoms with Crippen molar-refractivity contribution in [2.24, 2.45) is 7.05 Å². The summed E-state index contributed by atoms with van der Waals surface area (Å²) in [6, 6.07) is 2.23.